The molecule has 0 unspecified atom stereocenters. The summed E-state index contributed by atoms with van der Waals surface area (Å²) in [6.07, 6.45) is 4.00. The molecule has 126 valence electrons. The van der Waals surface area contributed by atoms with Gasteiger partial charge in [-0.05, 0) is 46.5 Å². The summed E-state index contributed by atoms with van der Waals surface area (Å²) >= 11 is 0. The van der Waals surface area contributed by atoms with E-state index >= 15 is 0 Å². The largest absolute Gasteiger partial charge is 0.340 e. The van der Waals surface area contributed by atoms with Crippen molar-refractivity contribution in [2.24, 2.45) is 11.7 Å². The van der Waals surface area contributed by atoms with Crippen molar-refractivity contribution in [3.8, 4) is 0 Å². The Labute approximate surface area is 141 Å². The van der Waals surface area contributed by atoms with Crippen LogP contribution in [0.25, 0.3) is 0 Å². The van der Waals surface area contributed by atoms with Crippen molar-refractivity contribution < 1.29 is 4.79 Å². The number of carbonyl (C=O) groups is 1. The minimum atomic E-state index is 0. The molecule has 2 rings (SSSR count). The van der Waals surface area contributed by atoms with Gasteiger partial charge in [-0.3, -0.25) is 9.69 Å². The van der Waals surface area contributed by atoms with Gasteiger partial charge in [0.2, 0.25) is 5.91 Å². The monoisotopic (exact) mass is 339 g/mol. The Balaban J connectivity index is 0.00000200. The fraction of sp³-hybridized carbons (Fsp3) is 0.933. The lowest BCUT2D eigenvalue weighted by Gasteiger charge is -2.43. The van der Waals surface area contributed by atoms with E-state index in [2.05, 4.69) is 30.6 Å². The SMILES string of the molecule is CC(C)(C)N1CCN(C(=O)C2CCC(N)CC2)CC1.Cl.Cl. The van der Waals surface area contributed by atoms with Crippen LogP contribution in [0.2, 0.25) is 0 Å². The van der Waals surface area contributed by atoms with E-state index in [-0.39, 0.29) is 36.3 Å². The number of piperazine rings is 1. The molecule has 1 aliphatic heterocycles. The molecule has 0 bridgehead atoms. The maximum absolute atomic E-state index is 12.5. The standard InChI is InChI=1S/C15H29N3O.2ClH/c1-15(2,3)18-10-8-17(9-11-18)14(19)12-4-6-13(16)7-5-12;;/h12-13H,4-11,16H2,1-3H3;2*1H. The third kappa shape index (κ3) is 5.59. The molecule has 1 aliphatic carbocycles. The van der Waals surface area contributed by atoms with Crippen molar-refractivity contribution in [1.29, 1.82) is 0 Å². The summed E-state index contributed by atoms with van der Waals surface area (Å²) in [6, 6.07) is 0.321. The lowest BCUT2D eigenvalue weighted by atomic mass is 9.85. The summed E-state index contributed by atoms with van der Waals surface area (Å²) in [5.74, 6) is 0.612. The topological polar surface area (TPSA) is 49.6 Å². The Hall–Kier alpha value is -0.0300. The Morgan fingerprint density at radius 3 is 1.86 bits per heavy atom. The average molecular weight is 340 g/mol. The summed E-state index contributed by atoms with van der Waals surface area (Å²) in [4.78, 5) is 17.0. The number of nitrogens with two attached hydrogens (primary N) is 1. The third-order valence-electron chi connectivity index (χ3n) is 4.66. The summed E-state index contributed by atoms with van der Waals surface area (Å²) < 4.78 is 0. The highest BCUT2D eigenvalue weighted by molar-refractivity contribution is 5.85. The van der Waals surface area contributed by atoms with Crippen molar-refractivity contribution in [2.75, 3.05) is 26.2 Å². The van der Waals surface area contributed by atoms with Crippen molar-refractivity contribution in [3.63, 3.8) is 0 Å². The summed E-state index contributed by atoms with van der Waals surface area (Å²) in [5.41, 5.74) is 6.13. The van der Waals surface area contributed by atoms with Gasteiger partial charge in [-0.25, -0.2) is 0 Å². The molecule has 0 aromatic rings. The predicted molar refractivity (Wildman–Crippen MR) is 92.3 cm³/mol. The quantitative estimate of drug-likeness (QED) is 0.797. The zero-order chi connectivity index (χ0) is 14.0. The smallest absolute Gasteiger partial charge is 0.225 e. The molecule has 21 heavy (non-hydrogen) atoms. The maximum atomic E-state index is 12.5. The second-order valence-corrected chi connectivity index (χ2v) is 7.09. The normalized spacial score (nSPS) is 27.5. The molecule has 4 nitrogen and oxygen atoms in total. The first kappa shape index (κ1) is 21.0. The minimum Gasteiger partial charge on any atom is -0.340 e. The van der Waals surface area contributed by atoms with Crippen molar-refractivity contribution in [3.05, 3.63) is 0 Å². The molecule has 0 radical (unpaired) electrons. The van der Waals surface area contributed by atoms with Gasteiger partial charge in [0.05, 0.1) is 0 Å². The summed E-state index contributed by atoms with van der Waals surface area (Å²) in [6.45, 7) is 10.5. The van der Waals surface area contributed by atoms with E-state index in [0.717, 1.165) is 51.9 Å². The van der Waals surface area contributed by atoms with Crippen LogP contribution in [-0.2, 0) is 4.79 Å². The Bertz CT molecular complexity index is 317. The number of amides is 1. The second kappa shape index (κ2) is 8.56. The van der Waals surface area contributed by atoms with Gasteiger partial charge >= 0.3 is 0 Å². The van der Waals surface area contributed by atoms with Crippen molar-refractivity contribution in [2.45, 2.75) is 58.0 Å². The van der Waals surface area contributed by atoms with Crippen LogP contribution in [-0.4, -0.2) is 53.5 Å². The molecule has 1 saturated heterocycles. The zero-order valence-corrected chi connectivity index (χ0v) is 15.1. The Kier molecular flexibility index (Phi) is 8.55. The molecule has 0 aromatic heterocycles. The van der Waals surface area contributed by atoms with Gasteiger partial charge in [0.25, 0.3) is 0 Å². The molecule has 1 saturated carbocycles. The minimum absolute atomic E-state index is 0. The predicted octanol–water partition coefficient (Wildman–Crippen LogP) is 2.29. The molecular formula is C15H31Cl2N3O. The van der Waals surface area contributed by atoms with Gasteiger partial charge in [-0.2, -0.15) is 0 Å². The highest BCUT2D eigenvalue weighted by Crippen LogP contribution is 2.26. The summed E-state index contributed by atoms with van der Waals surface area (Å²) in [7, 11) is 0. The van der Waals surface area contributed by atoms with Crippen LogP contribution in [0, 0.1) is 5.92 Å². The summed E-state index contributed by atoms with van der Waals surface area (Å²) in [5, 5.41) is 0. The highest BCUT2D eigenvalue weighted by atomic mass is 35.5. The molecule has 0 atom stereocenters. The van der Waals surface area contributed by atoms with Crippen molar-refractivity contribution >= 4 is 30.7 Å². The number of halogens is 2. The van der Waals surface area contributed by atoms with E-state index < -0.39 is 0 Å². The van der Waals surface area contributed by atoms with E-state index in [1.54, 1.807) is 0 Å². The third-order valence-corrected chi connectivity index (χ3v) is 4.66. The molecule has 2 aliphatic rings. The maximum Gasteiger partial charge on any atom is 0.225 e. The van der Waals surface area contributed by atoms with E-state index in [9.17, 15) is 4.79 Å². The molecule has 2 N–H and O–H groups in total. The Morgan fingerprint density at radius 1 is 0.952 bits per heavy atom. The van der Waals surface area contributed by atoms with Gasteiger partial charge in [0, 0.05) is 43.7 Å². The average Bonchev–Trinajstić information content (AvgIpc) is 2.38. The van der Waals surface area contributed by atoms with Crippen LogP contribution in [0.15, 0.2) is 0 Å². The van der Waals surface area contributed by atoms with Crippen LogP contribution < -0.4 is 5.73 Å². The van der Waals surface area contributed by atoms with E-state index in [4.69, 9.17) is 5.73 Å². The Morgan fingerprint density at radius 2 is 1.43 bits per heavy atom. The van der Waals surface area contributed by atoms with Crippen LogP contribution in [0.4, 0.5) is 0 Å². The number of nitrogens with zero attached hydrogens (tertiary/aromatic N) is 2. The van der Waals surface area contributed by atoms with Gasteiger partial charge in [0.15, 0.2) is 0 Å². The molecule has 1 amide bonds. The van der Waals surface area contributed by atoms with Crippen molar-refractivity contribution in [1.82, 2.24) is 9.80 Å². The van der Waals surface area contributed by atoms with Gasteiger partial charge in [-0.1, -0.05) is 0 Å². The molecule has 1 heterocycles. The number of carbonyl (C=O) groups excluding carboxylic acids is 1. The highest BCUT2D eigenvalue weighted by Gasteiger charge is 2.32. The van der Waals surface area contributed by atoms with Gasteiger partial charge in [-0.15, -0.1) is 24.8 Å². The van der Waals surface area contributed by atoms with E-state index in [1.807, 2.05) is 0 Å². The fourth-order valence-electron chi connectivity index (χ4n) is 3.22. The number of hydrogen-bond acceptors (Lipinski definition) is 3. The molecule has 2 fully saturated rings. The van der Waals surface area contributed by atoms with E-state index in [0.29, 0.717) is 11.9 Å². The molecule has 0 aromatic carbocycles. The lowest BCUT2D eigenvalue weighted by Crippen LogP contribution is -2.55. The lowest BCUT2D eigenvalue weighted by molar-refractivity contribution is -0.139. The molecule has 6 heteroatoms. The van der Waals surface area contributed by atoms with Gasteiger partial charge in [0.1, 0.15) is 0 Å². The van der Waals surface area contributed by atoms with E-state index in [1.165, 1.54) is 0 Å². The number of hydrogen-bond donors (Lipinski definition) is 1. The molecular weight excluding hydrogens is 309 g/mol. The first-order chi connectivity index (χ1) is 8.88. The first-order valence-electron chi connectivity index (χ1n) is 7.67. The van der Waals surface area contributed by atoms with Crippen LogP contribution in [0.1, 0.15) is 46.5 Å². The first-order valence-corrected chi connectivity index (χ1v) is 7.67. The fourth-order valence-corrected chi connectivity index (χ4v) is 3.22. The van der Waals surface area contributed by atoms with Crippen LogP contribution in [0.5, 0.6) is 0 Å². The zero-order valence-electron chi connectivity index (χ0n) is 13.5. The van der Waals surface area contributed by atoms with Gasteiger partial charge < -0.3 is 10.6 Å². The van der Waals surface area contributed by atoms with Crippen LogP contribution >= 0.6 is 24.8 Å². The molecule has 0 spiro atoms. The van der Waals surface area contributed by atoms with Crippen LogP contribution in [0.3, 0.4) is 0 Å². The second-order valence-electron chi connectivity index (χ2n) is 7.09. The number of rotatable bonds is 1.